The molecular weight excluding hydrogens is 498 g/mol. The number of piperidine rings is 1. The summed E-state index contributed by atoms with van der Waals surface area (Å²) in [5.41, 5.74) is 0.261. The summed E-state index contributed by atoms with van der Waals surface area (Å²) in [7, 11) is 0. The standard InChI is InChI=1S/C27H40ClN3O6/c1-17(32)36-22(26(2,3)4)24(34)31-13-9-8-10-21(31)23(33)29-16-19-14-20(28)12-11-18(19)15-30-25(35)37-27(5,6)7/h11-12,14,21-22H,8-10,13,15-16H2,1-7H3,(H,29,33)(H,30,35)/t21-,22-/m0/s1. The lowest BCUT2D eigenvalue weighted by molar-refractivity contribution is -0.168. The van der Waals surface area contributed by atoms with E-state index in [0.29, 0.717) is 18.0 Å². The van der Waals surface area contributed by atoms with Crippen LogP contribution in [0.2, 0.25) is 5.02 Å². The molecule has 2 N–H and O–H groups in total. The van der Waals surface area contributed by atoms with Gasteiger partial charge >= 0.3 is 12.1 Å². The lowest BCUT2D eigenvalue weighted by Crippen LogP contribution is -2.57. The Morgan fingerprint density at radius 2 is 1.68 bits per heavy atom. The quantitative estimate of drug-likeness (QED) is 0.500. The predicted molar refractivity (Wildman–Crippen MR) is 141 cm³/mol. The number of nitrogens with one attached hydrogen (secondary N) is 2. The van der Waals surface area contributed by atoms with Crippen molar-refractivity contribution in [1.82, 2.24) is 15.5 Å². The lowest BCUT2D eigenvalue weighted by Gasteiger charge is -2.39. The molecule has 0 unspecified atom stereocenters. The van der Waals surface area contributed by atoms with E-state index in [9.17, 15) is 19.2 Å². The van der Waals surface area contributed by atoms with Crippen LogP contribution in [0.15, 0.2) is 18.2 Å². The third-order valence-corrected chi connectivity index (χ3v) is 6.06. The lowest BCUT2D eigenvalue weighted by atomic mass is 9.87. The summed E-state index contributed by atoms with van der Waals surface area (Å²) < 4.78 is 10.7. The fourth-order valence-electron chi connectivity index (χ4n) is 4.10. The second-order valence-corrected chi connectivity index (χ2v) is 11.8. The zero-order valence-corrected chi connectivity index (χ0v) is 23.7. The van der Waals surface area contributed by atoms with E-state index in [-0.39, 0.29) is 24.9 Å². The molecule has 0 aromatic heterocycles. The Bertz CT molecular complexity index is 999. The van der Waals surface area contributed by atoms with Crippen molar-refractivity contribution in [3.8, 4) is 0 Å². The summed E-state index contributed by atoms with van der Waals surface area (Å²) in [5.74, 6) is -1.21. The van der Waals surface area contributed by atoms with Gasteiger partial charge in [0.05, 0.1) is 0 Å². The van der Waals surface area contributed by atoms with Crippen LogP contribution in [0.1, 0.15) is 78.9 Å². The van der Waals surface area contributed by atoms with Crippen LogP contribution < -0.4 is 10.6 Å². The third-order valence-electron chi connectivity index (χ3n) is 5.83. The van der Waals surface area contributed by atoms with Crippen LogP contribution >= 0.6 is 11.6 Å². The normalized spacial score (nSPS) is 17.0. The summed E-state index contributed by atoms with van der Waals surface area (Å²) >= 11 is 6.20. The summed E-state index contributed by atoms with van der Waals surface area (Å²) in [6, 6.07) is 4.55. The summed E-state index contributed by atoms with van der Waals surface area (Å²) in [5, 5.41) is 6.14. The molecule has 10 heteroatoms. The van der Waals surface area contributed by atoms with Gasteiger partial charge in [0.1, 0.15) is 11.6 Å². The van der Waals surface area contributed by atoms with Crippen molar-refractivity contribution < 1.29 is 28.7 Å². The Kier molecular flexibility index (Phi) is 10.4. The van der Waals surface area contributed by atoms with Crippen molar-refractivity contribution in [1.29, 1.82) is 0 Å². The summed E-state index contributed by atoms with van der Waals surface area (Å²) in [6.45, 7) is 12.9. The second-order valence-electron chi connectivity index (χ2n) is 11.4. The van der Waals surface area contributed by atoms with Crippen LogP contribution in [0.3, 0.4) is 0 Å². The summed E-state index contributed by atoms with van der Waals surface area (Å²) in [6.07, 6.45) is 0.544. The number of carbonyl (C=O) groups is 4. The zero-order chi connectivity index (χ0) is 28.0. The molecule has 1 heterocycles. The van der Waals surface area contributed by atoms with Gasteiger partial charge in [-0.2, -0.15) is 0 Å². The van der Waals surface area contributed by atoms with Crippen LogP contribution in [-0.2, 0) is 36.9 Å². The van der Waals surface area contributed by atoms with Gasteiger partial charge in [-0.05, 0) is 63.3 Å². The Morgan fingerprint density at radius 3 is 2.27 bits per heavy atom. The van der Waals surface area contributed by atoms with E-state index < -0.39 is 35.2 Å². The SMILES string of the molecule is CC(=O)O[C@@H](C(=O)N1CCCC[C@H]1C(=O)NCc1cc(Cl)ccc1CNC(=O)OC(C)(C)C)C(C)(C)C. The Labute approximate surface area is 224 Å². The highest BCUT2D eigenvalue weighted by molar-refractivity contribution is 6.30. The number of benzene rings is 1. The number of hydrogen-bond acceptors (Lipinski definition) is 6. The number of carbonyl (C=O) groups excluding carboxylic acids is 4. The molecule has 2 atom stereocenters. The molecule has 1 aromatic rings. The number of amides is 3. The molecule has 1 fully saturated rings. The van der Waals surface area contributed by atoms with Gasteiger partial charge in [-0.1, -0.05) is 38.4 Å². The Morgan fingerprint density at radius 1 is 1.03 bits per heavy atom. The van der Waals surface area contributed by atoms with E-state index in [4.69, 9.17) is 21.1 Å². The topological polar surface area (TPSA) is 114 Å². The first-order valence-corrected chi connectivity index (χ1v) is 13.0. The maximum absolute atomic E-state index is 13.4. The molecule has 0 radical (unpaired) electrons. The zero-order valence-electron chi connectivity index (χ0n) is 22.9. The van der Waals surface area contributed by atoms with Crippen LogP contribution in [0, 0.1) is 5.41 Å². The van der Waals surface area contributed by atoms with Crippen molar-refractivity contribution in [3.05, 3.63) is 34.3 Å². The highest BCUT2D eigenvalue weighted by Gasteiger charge is 2.41. The molecule has 206 valence electrons. The molecule has 2 rings (SSSR count). The van der Waals surface area contributed by atoms with Crippen LogP contribution in [-0.4, -0.2) is 53.1 Å². The minimum Gasteiger partial charge on any atom is -0.452 e. The summed E-state index contributed by atoms with van der Waals surface area (Å²) in [4.78, 5) is 52.0. The van der Waals surface area contributed by atoms with E-state index >= 15 is 0 Å². The van der Waals surface area contributed by atoms with E-state index in [1.165, 1.54) is 11.8 Å². The molecule has 0 saturated carbocycles. The van der Waals surface area contributed by atoms with Gasteiger partial charge in [-0.15, -0.1) is 0 Å². The van der Waals surface area contributed by atoms with Crippen LogP contribution in [0.4, 0.5) is 4.79 Å². The number of likely N-dealkylation sites (tertiary alicyclic amines) is 1. The van der Waals surface area contributed by atoms with Crippen molar-refractivity contribution >= 4 is 35.5 Å². The minimum atomic E-state index is -0.989. The highest BCUT2D eigenvalue weighted by atomic mass is 35.5. The van der Waals surface area contributed by atoms with Crippen LogP contribution in [0.25, 0.3) is 0 Å². The van der Waals surface area contributed by atoms with Crippen molar-refractivity contribution in [2.45, 2.75) is 98.6 Å². The van der Waals surface area contributed by atoms with Crippen molar-refractivity contribution in [2.24, 2.45) is 5.41 Å². The van der Waals surface area contributed by atoms with Gasteiger partial charge in [0.15, 0.2) is 6.10 Å². The number of alkyl carbamates (subject to hydrolysis) is 1. The van der Waals surface area contributed by atoms with Crippen LogP contribution in [0.5, 0.6) is 0 Å². The number of hydrogen-bond donors (Lipinski definition) is 2. The molecule has 1 aliphatic heterocycles. The molecule has 0 spiro atoms. The van der Waals surface area contributed by atoms with Gasteiger partial charge < -0.3 is 25.0 Å². The fraction of sp³-hybridized carbons (Fsp3) is 0.630. The van der Waals surface area contributed by atoms with E-state index in [0.717, 1.165) is 24.0 Å². The molecule has 3 amide bonds. The highest BCUT2D eigenvalue weighted by Crippen LogP contribution is 2.28. The van der Waals surface area contributed by atoms with E-state index in [1.54, 1.807) is 39.0 Å². The molecule has 1 saturated heterocycles. The monoisotopic (exact) mass is 537 g/mol. The predicted octanol–water partition coefficient (Wildman–Crippen LogP) is 4.34. The first-order valence-electron chi connectivity index (χ1n) is 12.6. The number of ether oxygens (including phenoxy) is 2. The number of esters is 1. The molecule has 0 bridgehead atoms. The van der Waals surface area contributed by atoms with E-state index in [2.05, 4.69) is 10.6 Å². The molecule has 1 aliphatic rings. The Hall–Kier alpha value is -2.81. The van der Waals surface area contributed by atoms with Gasteiger partial charge in [0.2, 0.25) is 5.91 Å². The molecule has 0 aliphatic carbocycles. The molecule has 37 heavy (non-hydrogen) atoms. The smallest absolute Gasteiger partial charge is 0.407 e. The van der Waals surface area contributed by atoms with Gasteiger partial charge in [0, 0.05) is 37.0 Å². The average Bonchev–Trinajstić information content (AvgIpc) is 2.78. The first kappa shape index (κ1) is 30.4. The molecular formula is C27H40ClN3O6. The minimum absolute atomic E-state index is 0.163. The third kappa shape index (κ3) is 9.54. The second kappa shape index (κ2) is 12.6. The van der Waals surface area contributed by atoms with Gasteiger partial charge in [-0.3, -0.25) is 14.4 Å². The molecule has 1 aromatic carbocycles. The average molecular weight is 538 g/mol. The van der Waals surface area contributed by atoms with Crippen molar-refractivity contribution in [3.63, 3.8) is 0 Å². The van der Waals surface area contributed by atoms with Crippen molar-refractivity contribution in [2.75, 3.05) is 6.54 Å². The fourth-order valence-corrected chi connectivity index (χ4v) is 4.29. The maximum Gasteiger partial charge on any atom is 0.407 e. The first-order chi connectivity index (χ1) is 17.1. The van der Waals surface area contributed by atoms with Gasteiger partial charge in [0.25, 0.3) is 5.91 Å². The molecule has 9 nitrogen and oxygen atoms in total. The van der Waals surface area contributed by atoms with E-state index in [1.807, 2.05) is 20.8 Å². The Balaban J connectivity index is 2.13. The van der Waals surface area contributed by atoms with Gasteiger partial charge in [-0.25, -0.2) is 4.79 Å². The maximum atomic E-state index is 13.4. The largest absolute Gasteiger partial charge is 0.452 e. The number of halogens is 1. The number of rotatable bonds is 7. The number of nitrogens with zero attached hydrogens (tertiary/aromatic N) is 1.